The van der Waals surface area contributed by atoms with E-state index >= 15 is 0 Å². The molecule has 0 bridgehead atoms. The molecule has 23 heavy (non-hydrogen) atoms. The van der Waals surface area contributed by atoms with Crippen LogP contribution in [0, 0.1) is 5.92 Å². The Hall–Kier alpha value is -2.42. The average molecular weight is 340 g/mol. The minimum absolute atomic E-state index is 0.0670. The minimum Gasteiger partial charge on any atom is -0.478 e. The van der Waals surface area contributed by atoms with Crippen molar-refractivity contribution in [2.75, 3.05) is 25.2 Å². The first-order valence-corrected chi connectivity index (χ1v) is 8.60. The van der Waals surface area contributed by atoms with Gasteiger partial charge in [-0.2, -0.15) is 0 Å². The van der Waals surface area contributed by atoms with Crippen molar-refractivity contribution in [1.29, 1.82) is 0 Å². The first-order chi connectivity index (χ1) is 10.6. The molecule has 1 aromatic rings. The molecular weight excluding hydrogens is 324 g/mol. The predicted octanol–water partition coefficient (Wildman–Crippen LogP) is 0.205. The summed E-state index contributed by atoms with van der Waals surface area (Å²) < 4.78 is 23.3. The Labute approximate surface area is 133 Å². The van der Waals surface area contributed by atoms with Crippen molar-refractivity contribution in [1.82, 2.24) is 4.90 Å². The number of carboxylic acids is 1. The van der Waals surface area contributed by atoms with Crippen LogP contribution >= 0.6 is 0 Å². The average Bonchev–Trinajstić information content (AvgIpc) is 2.77. The van der Waals surface area contributed by atoms with Crippen LogP contribution in [0.1, 0.15) is 16.8 Å². The third kappa shape index (κ3) is 3.86. The summed E-state index contributed by atoms with van der Waals surface area (Å²) in [5.74, 6) is -2.46. The summed E-state index contributed by atoms with van der Waals surface area (Å²) in [5.41, 5.74) is -0.180. The summed E-state index contributed by atoms with van der Waals surface area (Å²) in [6, 6.07) is 3.40. The highest BCUT2D eigenvalue weighted by Crippen LogP contribution is 2.22. The zero-order chi connectivity index (χ0) is 17.4. The number of nitrogens with one attached hydrogen (secondary N) is 1. The monoisotopic (exact) mass is 340 g/mol. The molecule has 1 saturated heterocycles. The fraction of sp³-hybridized carbons (Fsp3) is 0.357. The molecule has 1 aliphatic rings. The third-order valence-electron chi connectivity index (χ3n) is 3.56. The van der Waals surface area contributed by atoms with Crippen molar-refractivity contribution in [3.05, 3.63) is 23.8 Å². The van der Waals surface area contributed by atoms with Crippen LogP contribution in [0.3, 0.4) is 0 Å². The van der Waals surface area contributed by atoms with Gasteiger partial charge in [-0.25, -0.2) is 13.2 Å². The van der Waals surface area contributed by atoms with Gasteiger partial charge >= 0.3 is 5.97 Å². The lowest BCUT2D eigenvalue weighted by atomic mass is 10.1. The van der Waals surface area contributed by atoms with E-state index in [4.69, 9.17) is 5.11 Å². The molecule has 1 atom stereocenters. The molecule has 0 saturated carbocycles. The minimum atomic E-state index is -3.63. The van der Waals surface area contributed by atoms with Crippen LogP contribution in [-0.2, 0) is 19.4 Å². The Morgan fingerprint density at radius 2 is 1.96 bits per heavy atom. The lowest BCUT2D eigenvalue weighted by molar-refractivity contribution is -0.127. The number of carbonyl (C=O) groups excluding carboxylic acids is 2. The van der Waals surface area contributed by atoms with Crippen LogP contribution in [0.2, 0.25) is 0 Å². The van der Waals surface area contributed by atoms with E-state index in [1.54, 1.807) is 7.05 Å². The van der Waals surface area contributed by atoms with Gasteiger partial charge in [-0.05, 0) is 18.2 Å². The Bertz CT molecular complexity index is 786. The van der Waals surface area contributed by atoms with Gasteiger partial charge < -0.3 is 15.3 Å². The second kappa shape index (κ2) is 5.99. The molecule has 1 unspecified atom stereocenters. The van der Waals surface area contributed by atoms with E-state index in [9.17, 15) is 22.8 Å². The number of anilines is 1. The van der Waals surface area contributed by atoms with E-state index in [0.29, 0.717) is 0 Å². The molecule has 1 heterocycles. The Kier molecular flexibility index (Phi) is 4.42. The molecule has 0 aliphatic carbocycles. The van der Waals surface area contributed by atoms with Crippen LogP contribution < -0.4 is 5.32 Å². The summed E-state index contributed by atoms with van der Waals surface area (Å²) in [6.45, 7) is 0.266. The quantitative estimate of drug-likeness (QED) is 0.808. The molecule has 1 aromatic carbocycles. The molecule has 124 valence electrons. The van der Waals surface area contributed by atoms with Crippen LogP contribution in [0.25, 0.3) is 0 Å². The van der Waals surface area contributed by atoms with Crippen molar-refractivity contribution in [2.24, 2.45) is 5.92 Å². The standard InChI is InChI=1S/C14H16N2O6S/c1-16-7-9(5-12(16)17)13(18)15-10-3-8(14(19)20)4-11(6-10)23(2,21)22/h3-4,6,9H,5,7H2,1-2H3,(H,15,18)(H,19,20). The van der Waals surface area contributed by atoms with E-state index in [1.807, 2.05) is 0 Å². The molecule has 0 aromatic heterocycles. The molecule has 2 rings (SSSR count). The number of carboxylic acid groups (broad SMARTS) is 1. The van der Waals surface area contributed by atoms with E-state index in [1.165, 1.54) is 17.0 Å². The number of amides is 2. The number of nitrogens with zero attached hydrogens (tertiary/aromatic N) is 1. The summed E-state index contributed by atoms with van der Waals surface area (Å²) >= 11 is 0. The SMILES string of the molecule is CN1CC(C(=O)Nc2cc(C(=O)O)cc(S(C)(=O)=O)c2)CC1=O. The van der Waals surface area contributed by atoms with Gasteiger partial charge in [-0.1, -0.05) is 0 Å². The van der Waals surface area contributed by atoms with Crippen molar-refractivity contribution in [3.63, 3.8) is 0 Å². The molecule has 2 amide bonds. The molecule has 0 radical (unpaired) electrons. The van der Waals surface area contributed by atoms with Gasteiger partial charge in [0.15, 0.2) is 9.84 Å². The maximum Gasteiger partial charge on any atom is 0.335 e. The summed E-state index contributed by atoms with van der Waals surface area (Å²) in [7, 11) is -2.04. The Morgan fingerprint density at radius 3 is 2.43 bits per heavy atom. The Morgan fingerprint density at radius 1 is 1.30 bits per heavy atom. The number of benzene rings is 1. The van der Waals surface area contributed by atoms with Gasteiger partial charge in [0.05, 0.1) is 16.4 Å². The van der Waals surface area contributed by atoms with Crippen LogP contribution in [-0.4, -0.2) is 56.1 Å². The predicted molar refractivity (Wildman–Crippen MR) is 80.9 cm³/mol. The van der Waals surface area contributed by atoms with Gasteiger partial charge in [0, 0.05) is 32.0 Å². The normalized spacial score (nSPS) is 18.1. The summed E-state index contributed by atoms with van der Waals surface area (Å²) in [4.78, 5) is 36.0. The highest BCUT2D eigenvalue weighted by atomic mass is 32.2. The smallest absolute Gasteiger partial charge is 0.335 e. The summed E-state index contributed by atoms with van der Waals surface area (Å²) in [6.07, 6.45) is 1.02. The van der Waals surface area contributed by atoms with E-state index < -0.39 is 27.6 Å². The first-order valence-electron chi connectivity index (χ1n) is 6.71. The van der Waals surface area contributed by atoms with Gasteiger partial charge in [0.25, 0.3) is 0 Å². The zero-order valence-corrected chi connectivity index (χ0v) is 13.4. The van der Waals surface area contributed by atoms with E-state index in [2.05, 4.69) is 5.32 Å². The van der Waals surface area contributed by atoms with Crippen molar-refractivity contribution >= 4 is 33.3 Å². The molecule has 8 nitrogen and oxygen atoms in total. The first kappa shape index (κ1) is 16.9. The number of likely N-dealkylation sites (tertiary alicyclic amines) is 1. The van der Waals surface area contributed by atoms with Crippen molar-refractivity contribution < 1.29 is 27.9 Å². The fourth-order valence-electron chi connectivity index (χ4n) is 2.29. The molecule has 9 heteroatoms. The van der Waals surface area contributed by atoms with Crippen molar-refractivity contribution in [2.45, 2.75) is 11.3 Å². The number of carbonyl (C=O) groups is 3. The number of rotatable bonds is 4. The topological polar surface area (TPSA) is 121 Å². The largest absolute Gasteiger partial charge is 0.478 e. The fourth-order valence-corrected chi connectivity index (χ4v) is 2.97. The maximum absolute atomic E-state index is 12.2. The third-order valence-corrected chi connectivity index (χ3v) is 4.65. The molecule has 1 fully saturated rings. The van der Waals surface area contributed by atoms with Crippen LogP contribution in [0.4, 0.5) is 5.69 Å². The van der Waals surface area contributed by atoms with Gasteiger partial charge in [0.2, 0.25) is 11.8 Å². The molecule has 1 aliphatic heterocycles. The molecule has 2 N–H and O–H groups in total. The second-order valence-corrected chi connectivity index (χ2v) is 7.50. The molecule has 0 spiro atoms. The number of hydrogen-bond donors (Lipinski definition) is 2. The lowest BCUT2D eigenvalue weighted by Gasteiger charge is -2.12. The highest BCUT2D eigenvalue weighted by Gasteiger charge is 2.32. The summed E-state index contributed by atoms with van der Waals surface area (Å²) in [5, 5.41) is 11.5. The lowest BCUT2D eigenvalue weighted by Crippen LogP contribution is -2.26. The van der Waals surface area contributed by atoms with Crippen LogP contribution in [0.5, 0.6) is 0 Å². The molecular formula is C14H16N2O6S. The Balaban J connectivity index is 2.29. The zero-order valence-electron chi connectivity index (χ0n) is 12.6. The number of hydrogen-bond acceptors (Lipinski definition) is 5. The number of sulfone groups is 1. The van der Waals surface area contributed by atoms with Gasteiger partial charge in [-0.3, -0.25) is 9.59 Å². The van der Waals surface area contributed by atoms with Crippen LogP contribution in [0.15, 0.2) is 23.1 Å². The van der Waals surface area contributed by atoms with Gasteiger partial charge in [0.1, 0.15) is 0 Å². The van der Waals surface area contributed by atoms with Crippen molar-refractivity contribution in [3.8, 4) is 0 Å². The number of aromatic carboxylic acids is 1. The second-order valence-electron chi connectivity index (χ2n) is 5.49. The van der Waals surface area contributed by atoms with E-state index in [0.717, 1.165) is 12.3 Å². The highest BCUT2D eigenvalue weighted by molar-refractivity contribution is 7.90. The van der Waals surface area contributed by atoms with E-state index in [-0.39, 0.29) is 35.0 Å². The maximum atomic E-state index is 12.2. The van der Waals surface area contributed by atoms with Gasteiger partial charge in [-0.15, -0.1) is 0 Å².